The van der Waals surface area contributed by atoms with Crippen LogP contribution in [0.2, 0.25) is 0 Å². The van der Waals surface area contributed by atoms with Gasteiger partial charge < -0.3 is 10.1 Å². The van der Waals surface area contributed by atoms with Gasteiger partial charge in [0.05, 0.1) is 7.11 Å². The van der Waals surface area contributed by atoms with Crippen molar-refractivity contribution in [1.82, 2.24) is 5.32 Å². The molecule has 2 heteroatoms. The summed E-state index contributed by atoms with van der Waals surface area (Å²) in [6.07, 6.45) is 6.54. The lowest BCUT2D eigenvalue weighted by atomic mass is 9.83. The Morgan fingerprint density at radius 3 is 2.81 bits per heavy atom. The number of methoxy groups -OCH3 is 1. The van der Waals surface area contributed by atoms with E-state index in [0.29, 0.717) is 5.54 Å². The van der Waals surface area contributed by atoms with E-state index in [1.54, 1.807) is 7.11 Å². The van der Waals surface area contributed by atoms with E-state index in [9.17, 15) is 0 Å². The van der Waals surface area contributed by atoms with E-state index in [0.717, 1.165) is 18.7 Å². The second kappa shape index (κ2) is 3.77. The van der Waals surface area contributed by atoms with Crippen molar-refractivity contribution >= 4 is 0 Å². The molecule has 1 heterocycles. The van der Waals surface area contributed by atoms with Crippen LogP contribution >= 0.6 is 0 Å². The Labute approximate surface area is 97.0 Å². The van der Waals surface area contributed by atoms with Crippen LogP contribution in [0.25, 0.3) is 0 Å². The Morgan fingerprint density at radius 1 is 1.25 bits per heavy atom. The maximum atomic E-state index is 5.49. The third-order valence-corrected chi connectivity index (χ3v) is 4.18. The summed E-state index contributed by atoms with van der Waals surface area (Å²) in [4.78, 5) is 0. The van der Waals surface area contributed by atoms with Gasteiger partial charge in [0.2, 0.25) is 0 Å². The lowest BCUT2D eigenvalue weighted by Gasteiger charge is -2.36. The van der Waals surface area contributed by atoms with Crippen LogP contribution < -0.4 is 10.1 Å². The highest BCUT2D eigenvalue weighted by Crippen LogP contribution is 2.39. The third-order valence-electron chi connectivity index (χ3n) is 4.18. The van der Waals surface area contributed by atoms with E-state index < -0.39 is 0 Å². The van der Waals surface area contributed by atoms with Crippen LogP contribution in [0.15, 0.2) is 18.2 Å². The number of rotatable bonds is 1. The lowest BCUT2D eigenvalue weighted by Crippen LogP contribution is -2.47. The maximum absolute atomic E-state index is 5.49. The first kappa shape index (κ1) is 10.2. The number of ether oxygens (including phenoxy) is 1. The van der Waals surface area contributed by atoms with Gasteiger partial charge in [-0.05, 0) is 30.9 Å². The highest BCUT2D eigenvalue weighted by molar-refractivity contribution is 5.43. The van der Waals surface area contributed by atoms with Gasteiger partial charge in [-0.25, -0.2) is 0 Å². The number of hydrogen-bond donors (Lipinski definition) is 1. The zero-order valence-corrected chi connectivity index (χ0v) is 9.88. The minimum atomic E-state index is 0.377. The first-order valence-corrected chi connectivity index (χ1v) is 6.23. The van der Waals surface area contributed by atoms with Crippen molar-refractivity contribution in [3.8, 4) is 5.75 Å². The Kier molecular flexibility index (Phi) is 2.40. The van der Waals surface area contributed by atoms with Crippen LogP contribution in [-0.4, -0.2) is 12.6 Å². The lowest BCUT2D eigenvalue weighted by molar-refractivity contribution is 0.300. The van der Waals surface area contributed by atoms with Crippen LogP contribution in [0.3, 0.4) is 0 Å². The maximum Gasteiger partial charge on any atom is 0.122 e. The summed E-state index contributed by atoms with van der Waals surface area (Å²) in [5.74, 6) is 1.07. The first-order valence-electron chi connectivity index (χ1n) is 6.23. The van der Waals surface area contributed by atoms with Crippen LogP contribution in [-0.2, 0) is 13.0 Å². The van der Waals surface area contributed by atoms with Crippen molar-refractivity contribution in [3.63, 3.8) is 0 Å². The van der Waals surface area contributed by atoms with Gasteiger partial charge in [0.1, 0.15) is 5.75 Å². The fraction of sp³-hybridized carbons (Fsp3) is 0.571. The summed E-state index contributed by atoms with van der Waals surface area (Å²) in [5.41, 5.74) is 3.23. The molecule has 16 heavy (non-hydrogen) atoms. The van der Waals surface area contributed by atoms with Gasteiger partial charge in [-0.1, -0.05) is 25.0 Å². The molecule has 2 nitrogen and oxygen atoms in total. The van der Waals surface area contributed by atoms with Gasteiger partial charge in [-0.2, -0.15) is 0 Å². The van der Waals surface area contributed by atoms with Gasteiger partial charge in [0.15, 0.2) is 0 Å². The molecule has 1 aliphatic heterocycles. The molecule has 1 fully saturated rings. The molecule has 0 unspecified atom stereocenters. The van der Waals surface area contributed by atoms with E-state index in [1.165, 1.54) is 36.8 Å². The van der Waals surface area contributed by atoms with E-state index >= 15 is 0 Å². The van der Waals surface area contributed by atoms with Gasteiger partial charge in [0, 0.05) is 17.6 Å². The molecule has 1 spiro atoms. The molecule has 1 aliphatic carbocycles. The third kappa shape index (κ3) is 1.52. The van der Waals surface area contributed by atoms with Gasteiger partial charge in [-0.15, -0.1) is 0 Å². The Balaban J connectivity index is 1.97. The highest BCUT2D eigenvalue weighted by atomic mass is 16.5. The molecule has 0 saturated heterocycles. The van der Waals surface area contributed by atoms with Crippen molar-refractivity contribution in [2.24, 2.45) is 0 Å². The second-order valence-corrected chi connectivity index (χ2v) is 5.12. The van der Waals surface area contributed by atoms with Crippen LogP contribution in [0.5, 0.6) is 5.75 Å². The fourth-order valence-electron chi connectivity index (χ4n) is 3.26. The van der Waals surface area contributed by atoms with Crippen molar-refractivity contribution < 1.29 is 4.74 Å². The average molecular weight is 217 g/mol. The molecule has 0 radical (unpaired) electrons. The van der Waals surface area contributed by atoms with Gasteiger partial charge >= 0.3 is 0 Å². The molecule has 1 aromatic carbocycles. The zero-order chi connectivity index (χ0) is 11.0. The number of hydrogen-bond acceptors (Lipinski definition) is 2. The number of fused-ring (bicyclic) bond motifs is 1. The van der Waals surface area contributed by atoms with Gasteiger partial charge in [-0.3, -0.25) is 0 Å². The quantitative estimate of drug-likeness (QED) is 0.781. The molecule has 2 aliphatic rings. The Bertz CT molecular complexity index is 379. The summed E-state index contributed by atoms with van der Waals surface area (Å²) >= 11 is 0. The fourth-order valence-corrected chi connectivity index (χ4v) is 3.26. The van der Waals surface area contributed by atoms with Crippen LogP contribution in [0, 0.1) is 0 Å². The second-order valence-electron chi connectivity index (χ2n) is 5.12. The van der Waals surface area contributed by atoms with E-state index in [-0.39, 0.29) is 0 Å². The minimum Gasteiger partial charge on any atom is -0.496 e. The van der Waals surface area contributed by atoms with Crippen LogP contribution in [0.4, 0.5) is 0 Å². The molecule has 0 aromatic heterocycles. The predicted octanol–water partition coefficient (Wildman–Crippen LogP) is 2.65. The van der Waals surface area contributed by atoms with E-state index in [1.807, 2.05) is 0 Å². The molecule has 0 amide bonds. The Hall–Kier alpha value is -1.02. The minimum absolute atomic E-state index is 0.377. The molecule has 3 rings (SSSR count). The standard InChI is InChI=1S/C14H19NO/c1-16-13-6-4-5-11-10-15-14(9-12(11)13)7-2-3-8-14/h4-6,15H,2-3,7-10H2,1H3. The predicted molar refractivity (Wildman–Crippen MR) is 64.7 cm³/mol. The smallest absolute Gasteiger partial charge is 0.122 e. The Morgan fingerprint density at radius 2 is 2.06 bits per heavy atom. The monoisotopic (exact) mass is 217 g/mol. The summed E-state index contributed by atoms with van der Waals surface area (Å²) < 4.78 is 5.49. The van der Waals surface area contributed by atoms with Crippen LogP contribution in [0.1, 0.15) is 36.8 Å². The molecule has 0 atom stereocenters. The molecule has 1 saturated carbocycles. The van der Waals surface area contributed by atoms with Crippen molar-refractivity contribution in [1.29, 1.82) is 0 Å². The highest BCUT2D eigenvalue weighted by Gasteiger charge is 2.37. The van der Waals surface area contributed by atoms with Gasteiger partial charge in [0.25, 0.3) is 0 Å². The zero-order valence-electron chi connectivity index (χ0n) is 9.88. The molecule has 1 aromatic rings. The largest absolute Gasteiger partial charge is 0.496 e. The summed E-state index contributed by atoms with van der Waals surface area (Å²) in [7, 11) is 1.78. The van der Waals surface area contributed by atoms with Crippen molar-refractivity contribution in [2.75, 3.05) is 7.11 Å². The summed E-state index contributed by atoms with van der Waals surface area (Å²) in [5, 5.41) is 3.75. The van der Waals surface area contributed by atoms with Crippen molar-refractivity contribution in [2.45, 2.75) is 44.2 Å². The number of benzene rings is 1. The van der Waals surface area contributed by atoms with E-state index in [4.69, 9.17) is 4.74 Å². The average Bonchev–Trinajstić information content (AvgIpc) is 2.77. The molecular formula is C14H19NO. The summed E-state index contributed by atoms with van der Waals surface area (Å²) in [6, 6.07) is 6.39. The molecular weight excluding hydrogens is 198 g/mol. The summed E-state index contributed by atoms with van der Waals surface area (Å²) in [6.45, 7) is 1.01. The van der Waals surface area contributed by atoms with E-state index in [2.05, 4.69) is 23.5 Å². The first-order chi connectivity index (χ1) is 7.83. The SMILES string of the molecule is COc1cccc2c1CC1(CCCC1)NC2. The topological polar surface area (TPSA) is 21.3 Å². The molecule has 1 N–H and O–H groups in total. The molecule has 0 bridgehead atoms. The van der Waals surface area contributed by atoms with Crippen molar-refractivity contribution in [3.05, 3.63) is 29.3 Å². The number of nitrogens with one attached hydrogen (secondary N) is 1. The molecule has 86 valence electrons. The normalized spacial score (nSPS) is 22.1.